The predicted octanol–water partition coefficient (Wildman–Crippen LogP) is 2.45. The zero-order chi connectivity index (χ0) is 17.2. The Bertz CT molecular complexity index is 637. The van der Waals surface area contributed by atoms with E-state index in [1.54, 1.807) is 7.05 Å². The van der Waals surface area contributed by atoms with Crippen LogP contribution in [0.25, 0.3) is 0 Å². The molecule has 1 heterocycles. The minimum atomic E-state index is 0.694. The van der Waals surface area contributed by atoms with Gasteiger partial charge < -0.3 is 15.5 Å². The van der Waals surface area contributed by atoms with Crippen LogP contribution in [-0.4, -0.2) is 38.6 Å². The molecule has 0 atom stereocenters. The van der Waals surface area contributed by atoms with E-state index in [-0.39, 0.29) is 0 Å². The number of rotatable bonds is 7. The second kappa shape index (κ2) is 9.55. The quantitative estimate of drug-likeness (QED) is 0.466. The molecule has 24 heavy (non-hydrogen) atoms. The number of nitrogens with one attached hydrogen (secondary N) is 2. The van der Waals surface area contributed by atoms with E-state index in [9.17, 15) is 0 Å². The van der Waals surface area contributed by atoms with Gasteiger partial charge in [-0.2, -0.15) is 0 Å². The minimum Gasteiger partial charge on any atom is -0.362 e. The zero-order valence-corrected chi connectivity index (χ0v) is 14.8. The molecule has 128 valence electrons. The lowest BCUT2D eigenvalue weighted by atomic mass is 10.1. The molecule has 1 aromatic carbocycles. The third-order valence-corrected chi connectivity index (χ3v) is 3.74. The van der Waals surface area contributed by atoms with Crippen LogP contribution in [0.15, 0.2) is 53.7 Å². The van der Waals surface area contributed by atoms with E-state index in [0.29, 0.717) is 6.54 Å². The highest BCUT2D eigenvalue weighted by Gasteiger charge is 2.06. The van der Waals surface area contributed by atoms with E-state index < -0.39 is 0 Å². The molecule has 2 rings (SSSR count). The van der Waals surface area contributed by atoms with Gasteiger partial charge in [-0.15, -0.1) is 0 Å². The fraction of sp³-hybridized carbons (Fsp3) is 0.368. The number of hydrogen-bond acceptors (Lipinski definition) is 3. The smallest absolute Gasteiger partial charge is 0.191 e. The maximum atomic E-state index is 4.42. The lowest BCUT2D eigenvalue weighted by Gasteiger charge is -2.17. The summed E-state index contributed by atoms with van der Waals surface area (Å²) in [5.41, 5.74) is 2.52. The monoisotopic (exact) mass is 325 g/mol. The molecule has 0 spiro atoms. The van der Waals surface area contributed by atoms with Gasteiger partial charge in [0.25, 0.3) is 0 Å². The minimum absolute atomic E-state index is 0.694. The molecule has 0 saturated heterocycles. The number of nitrogens with zero attached hydrogens (tertiary/aromatic N) is 3. The standard InChI is InChI=1S/C19H27N5/c1-20-19(22-14-7-11-16-9-5-4-6-10-16)23-15-17-12-8-13-21-18(17)24(2)3/h4-6,8-10,12-13H,7,11,14-15H2,1-3H3,(H2,20,22,23). The molecule has 0 bridgehead atoms. The Morgan fingerprint density at radius 1 is 1.08 bits per heavy atom. The molecule has 0 aliphatic carbocycles. The van der Waals surface area contributed by atoms with Gasteiger partial charge in [-0.25, -0.2) is 4.98 Å². The summed E-state index contributed by atoms with van der Waals surface area (Å²) in [5, 5.41) is 6.72. The van der Waals surface area contributed by atoms with Crippen molar-refractivity contribution in [3.05, 3.63) is 59.8 Å². The topological polar surface area (TPSA) is 52.6 Å². The van der Waals surface area contributed by atoms with Gasteiger partial charge >= 0.3 is 0 Å². The maximum absolute atomic E-state index is 4.42. The number of pyridine rings is 1. The number of aromatic nitrogens is 1. The molecule has 0 fully saturated rings. The Balaban J connectivity index is 1.77. The molecule has 5 nitrogen and oxygen atoms in total. The Labute approximate surface area is 144 Å². The average molecular weight is 325 g/mol. The number of aryl methyl sites for hydroxylation is 1. The summed E-state index contributed by atoms with van der Waals surface area (Å²) in [6.45, 7) is 1.59. The highest BCUT2D eigenvalue weighted by molar-refractivity contribution is 5.79. The van der Waals surface area contributed by atoms with E-state index in [0.717, 1.165) is 36.7 Å². The zero-order valence-electron chi connectivity index (χ0n) is 14.8. The van der Waals surface area contributed by atoms with Crippen molar-refractivity contribution >= 4 is 11.8 Å². The summed E-state index contributed by atoms with van der Waals surface area (Å²) >= 11 is 0. The van der Waals surface area contributed by atoms with Crippen LogP contribution in [0, 0.1) is 0 Å². The van der Waals surface area contributed by atoms with Crippen LogP contribution in [0.5, 0.6) is 0 Å². The van der Waals surface area contributed by atoms with Crippen molar-refractivity contribution in [1.29, 1.82) is 0 Å². The number of hydrogen-bond donors (Lipinski definition) is 2. The Morgan fingerprint density at radius 3 is 2.58 bits per heavy atom. The molecule has 5 heteroatoms. The molecule has 2 N–H and O–H groups in total. The van der Waals surface area contributed by atoms with Crippen molar-refractivity contribution in [2.24, 2.45) is 4.99 Å². The molecule has 0 unspecified atom stereocenters. The summed E-state index contributed by atoms with van der Waals surface area (Å²) in [6.07, 6.45) is 3.95. The summed E-state index contributed by atoms with van der Waals surface area (Å²) < 4.78 is 0. The van der Waals surface area contributed by atoms with E-state index in [4.69, 9.17) is 0 Å². The third-order valence-electron chi connectivity index (χ3n) is 3.74. The Morgan fingerprint density at radius 2 is 1.88 bits per heavy atom. The summed E-state index contributed by atoms with van der Waals surface area (Å²) in [7, 11) is 5.80. The fourth-order valence-electron chi connectivity index (χ4n) is 2.51. The van der Waals surface area contributed by atoms with Crippen LogP contribution in [0.4, 0.5) is 5.82 Å². The van der Waals surface area contributed by atoms with E-state index >= 15 is 0 Å². The number of guanidine groups is 1. The predicted molar refractivity (Wildman–Crippen MR) is 102 cm³/mol. The number of anilines is 1. The Kier molecular flexibility index (Phi) is 7.08. The van der Waals surface area contributed by atoms with Gasteiger partial charge in [-0.05, 0) is 24.5 Å². The molecule has 0 aliphatic rings. The first-order valence-corrected chi connectivity index (χ1v) is 8.30. The van der Waals surface area contributed by atoms with Gasteiger partial charge in [0.15, 0.2) is 5.96 Å². The summed E-state index contributed by atoms with van der Waals surface area (Å²) in [6, 6.07) is 14.6. The first-order chi connectivity index (χ1) is 11.7. The molecule has 0 radical (unpaired) electrons. The van der Waals surface area contributed by atoms with E-state index in [1.807, 2.05) is 37.3 Å². The molecule has 2 aromatic rings. The number of benzene rings is 1. The molecule has 0 amide bonds. The largest absolute Gasteiger partial charge is 0.362 e. The van der Waals surface area contributed by atoms with Gasteiger partial charge in [-0.3, -0.25) is 4.99 Å². The van der Waals surface area contributed by atoms with Crippen molar-refractivity contribution in [2.75, 3.05) is 32.6 Å². The van der Waals surface area contributed by atoms with E-state index in [1.165, 1.54) is 5.56 Å². The second-order valence-corrected chi connectivity index (χ2v) is 5.82. The average Bonchev–Trinajstić information content (AvgIpc) is 2.62. The van der Waals surface area contributed by atoms with Crippen molar-refractivity contribution in [3.63, 3.8) is 0 Å². The first-order valence-electron chi connectivity index (χ1n) is 8.30. The fourth-order valence-corrected chi connectivity index (χ4v) is 2.51. The molecule has 0 saturated carbocycles. The third kappa shape index (κ3) is 5.57. The number of aliphatic imine (C=N–C) groups is 1. The van der Waals surface area contributed by atoms with Crippen molar-refractivity contribution in [1.82, 2.24) is 15.6 Å². The van der Waals surface area contributed by atoms with Crippen molar-refractivity contribution in [3.8, 4) is 0 Å². The van der Waals surface area contributed by atoms with Gasteiger partial charge in [-0.1, -0.05) is 36.4 Å². The highest BCUT2D eigenvalue weighted by atomic mass is 15.2. The molecule has 1 aromatic heterocycles. The highest BCUT2D eigenvalue weighted by Crippen LogP contribution is 2.13. The van der Waals surface area contributed by atoms with Gasteiger partial charge in [0.05, 0.1) is 0 Å². The lowest BCUT2D eigenvalue weighted by molar-refractivity contribution is 0.741. The molecular formula is C19H27N5. The van der Waals surface area contributed by atoms with Crippen LogP contribution < -0.4 is 15.5 Å². The summed E-state index contributed by atoms with van der Waals surface area (Å²) in [4.78, 5) is 10.7. The summed E-state index contributed by atoms with van der Waals surface area (Å²) in [5.74, 6) is 1.79. The normalized spacial score (nSPS) is 11.2. The lowest BCUT2D eigenvalue weighted by Crippen LogP contribution is -2.37. The SMILES string of the molecule is CN=C(NCCCc1ccccc1)NCc1cccnc1N(C)C. The van der Waals surface area contributed by atoms with Crippen LogP contribution in [0.2, 0.25) is 0 Å². The van der Waals surface area contributed by atoms with Crippen LogP contribution in [-0.2, 0) is 13.0 Å². The second-order valence-electron chi connectivity index (χ2n) is 5.82. The Hall–Kier alpha value is -2.56. The van der Waals surface area contributed by atoms with Crippen LogP contribution >= 0.6 is 0 Å². The van der Waals surface area contributed by atoms with Crippen molar-refractivity contribution in [2.45, 2.75) is 19.4 Å². The maximum Gasteiger partial charge on any atom is 0.191 e. The van der Waals surface area contributed by atoms with Gasteiger partial charge in [0.1, 0.15) is 5.82 Å². The van der Waals surface area contributed by atoms with Crippen LogP contribution in [0.3, 0.4) is 0 Å². The van der Waals surface area contributed by atoms with Crippen molar-refractivity contribution < 1.29 is 0 Å². The molecular weight excluding hydrogens is 298 g/mol. The van der Waals surface area contributed by atoms with Gasteiger partial charge in [0, 0.05) is 46.0 Å². The first kappa shape index (κ1) is 17.8. The molecule has 0 aliphatic heterocycles. The van der Waals surface area contributed by atoms with Gasteiger partial charge in [0.2, 0.25) is 0 Å². The van der Waals surface area contributed by atoms with E-state index in [2.05, 4.69) is 50.9 Å². The van der Waals surface area contributed by atoms with Crippen LogP contribution in [0.1, 0.15) is 17.5 Å².